The molecule has 0 bridgehead atoms. The van der Waals surface area contributed by atoms with Crippen molar-refractivity contribution in [2.75, 3.05) is 13.7 Å². The number of methoxy groups -OCH3 is 1. The molecule has 0 amide bonds. The molecule has 0 spiro atoms. The zero-order chi connectivity index (χ0) is 15.1. The van der Waals surface area contributed by atoms with Crippen molar-refractivity contribution in [1.82, 2.24) is 5.32 Å². The van der Waals surface area contributed by atoms with E-state index in [1.807, 2.05) is 7.11 Å². The summed E-state index contributed by atoms with van der Waals surface area (Å²) in [5.41, 5.74) is 1.37. The quantitative estimate of drug-likeness (QED) is 0.766. The maximum absolute atomic E-state index is 6.07. The number of nitrogens with one attached hydrogen (secondary N) is 1. The molecule has 1 fully saturated rings. The van der Waals surface area contributed by atoms with E-state index in [0.29, 0.717) is 6.04 Å². The SMILES string of the molecule is CCCNC(Cc1ccccc1Br)C1(OC)CCCCC1. The fourth-order valence-corrected chi connectivity index (χ4v) is 3.94. The minimum Gasteiger partial charge on any atom is -0.377 e. The van der Waals surface area contributed by atoms with Crippen LogP contribution in [-0.4, -0.2) is 25.3 Å². The van der Waals surface area contributed by atoms with Gasteiger partial charge in [-0.3, -0.25) is 0 Å². The van der Waals surface area contributed by atoms with E-state index in [-0.39, 0.29) is 5.60 Å². The monoisotopic (exact) mass is 353 g/mol. The molecule has 21 heavy (non-hydrogen) atoms. The Labute approximate surface area is 137 Å². The third-order valence-corrected chi connectivity index (χ3v) is 5.54. The van der Waals surface area contributed by atoms with E-state index in [0.717, 1.165) is 19.4 Å². The number of ether oxygens (including phenoxy) is 1. The highest BCUT2D eigenvalue weighted by molar-refractivity contribution is 9.10. The summed E-state index contributed by atoms with van der Waals surface area (Å²) in [6, 6.07) is 8.94. The van der Waals surface area contributed by atoms with Gasteiger partial charge in [0.15, 0.2) is 0 Å². The normalized spacial score (nSPS) is 19.4. The Morgan fingerprint density at radius 3 is 2.57 bits per heavy atom. The van der Waals surface area contributed by atoms with Crippen LogP contribution in [-0.2, 0) is 11.2 Å². The lowest BCUT2D eigenvalue weighted by Gasteiger charge is -2.43. The van der Waals surface area contributed by atoms with Crippen molar-refractivity contribution >= 4 is 15.9 Å². The van der Waals surface area contributed by atoms with E-state index < -0.39 is 0 Å². The average molecular weight is 354 g/mol. The first-order valence-corrected chi connectivity index (χ1v) is 9.03. The largest absolute Gasteiger partial charge is 0.377 e. The van der Waals surface area contributed by atoms with Crippen molar-refractivity contribution in [3.63, 3.8) is 0 Å². The highest BCUT2D eigenvalue weighted by Crippen LogP contribution is 2.36. The molecular weight excluding hydrogens is 326 g/mol. The van der Waals surface area contributed by atoms with Crippen molar-refractivity contribution in [2.45, 2.75) is 63.5 Å². The summed E-state index contributed by atoms with van der Waals surface area (Å²) in [4.78, 5) is 0. The van der Waals surface area contributed by atoms with Crippen LogP contribution in [0, 0.1) is 0 Å². The molecule has 1 aromatic carbocycles. The van der Waals surface area contributed by atoms with Crippen LogP contribution in [0.15, 0.2) is 28.7 Å². The smallest absolute Gasteiger partial charge is 0.0834 e. The highest BCUT2D eigenvalue weighted by Gasteiger charge is 2.39. The Balaban J connectivity index is 2.18. The zero-order valence-electron chi connectivity index (χ0n) is 13.3. The Kier molecular flexibility index (Phi) is 6.72. The molecule has 0 aliphatic heterocycles. The van der Waals surface area contributed by atoms with Gasteiger partial charge in [0, 0.05) is 17.6 Å². The van der Waals surface area contributed by atoms with Crippen LogP contribution >= 0.6 is 15.9 Å². The summed E-state index contributed by atoms with van der Waals surface area (Å²) in [7, 11) is 1.89. The van der Waals surface area contributed by atoms with E-state index in [4.69, 9.17) is 4.74 Å². The molecule has 3 heteroatoms. The van der Waals surface area contributed by atoms with Crippen LogP contribution in [0.1, 0.15) is 51.0 Å². The molecule has 1 aromatic rings. The third-order valence-electron chi connectivity index (χ3n) is 4.76. The van der Waals surface area contributed by atoms with Gasteiger partial charge in [-0.25, -0.2) is 0 Å². The van der Waals surface area contributed by atoms with Crippen molar-refractivity contribution in [3.05, 3.63) is 34.3 Å². The number of hydrogen-bond acceptors (Lipinski definition) is 2. The van der Waals surface area contributed by atoms with Gasteiger partial charge in [0.2, 0.25) is 0 Å². The molecular formula is C18H28BrNO. The molecule has 1 aliphatic rings. The highest BCUT2D eigenvalue weighted by atomic mass is 79.9. The molecule has 1 aliphatic carbocycles. The van der Waals surface area contributed by atoms with Crippen LogP contribution in [0.2, 0.25) is 0 Å². The van der Waals surface area contributed by atoms with Crippen LogP contribution in [0.3, 0.4) is 0 Å². The summed E-state index contributed by atoms with van der Waals surface area (Å²) >= 11 is 3.69. The van der Waals surface area contributed by atoms with Gasteiger partial charge in [-0.1, -0.05) is 60.3 Å². The van der Waals surface area contributed by atoms with Gasteiger partial charge in [-0.15, -0.1) is 0 Å². The molecule has 1 N–H and O–H groups in total. The summed E-state index contributed by atoms with van der Waals surface area (Å²) in [6.07, 6.45) is 8.45. The minimum atomic E-state index is 0.00268. The lowest BCUT2D eigenvalue weighted by atomic mass is 9.77. The van der Waals surface area contributed by atoms with Gasteiger partial charge in [-0.2, -0.15) is 0 Å². The van der Waals surface area contributed by atoms with Gasteiger partial charge < -0.3 is 10.1 Å². The predicted octanol–water partition coefficient (Wildman–Crippen LogP) is 4.71. The maximum Gasteiger partial charge on any atom is 0.0834 e. The Morgan fingerprint density at radius 1 is 1.24 bits per heavy atom. The summed E-state index contributed by atoms with van der Waals surface area (Å²) in [5.74, 6) is 0. The van der Waals surface area contributed by atoms with Gasteiger partial charge in [0.25, 0.3) is 0 Å². The zero-order valence-corrected chi connectivity index (χ0v) is 14.9. The first kappa shape index (κ1) is 17.0. The van der Waals surface area contributed by atoms with Gasteiger partial charge in [0.05, 0.1) is 5.60 Å². The van der Waals surface area contributed by atoms with Crippen LogP contribution in [0.4, 0.5) is 0 Å². The lowest BCUT2D eigenvalue weighted by Crippen LogP contribution is -2.54. The van der Waals surface area contributed by atoms with Crippen molar-refractivity contribution in [3.8, 4) is 0 Å². The lowest BCUT2D eigenvalue weighted by molar-refractivity contribution is -0.0672. The summed E-state index contributed by atoms with van der Waals surface area (Å²) in [5, 5.41) is 3.76. The predicted molar refractivity (Wildman–Crippen MR) is 92.8 cm³/mol. The van der Waals surface area contributed by atoms with E-state index in [1.165, 1.54) is 42.1 Å². The molecule has 0 heterocycles. The van der Waals surface area contributed by atoms with Gasteiger partial charge in [0.1, 0.15) is 0 Å². The molecule has 1 unspecified atom stereocenters. The van der Waals surface area contributed by atoms with Gasteiger partial charge >= 0.3 is 0 Å². The number of benzene rings is 1. The second-order valence-corrected chi connectivity index (χ2v) is 6.99. The molecule has 0 saturated heterocycles. The fourth-order valence-electron chi connectivity index (χ4n) is 3.49. The molecule has 2 nitrogen and oxygen atoms in total. The van der Waals surface area contributed by atoms with Crippen molar-refractivity contribution in [1.29, 1.82) is 0 Å². The number of hydrogen-bond donors (Lipinski definition) is 1. The molecule has 1 saturated carbocycles. The average Bonchev–Trinajstić information content (AvgIpc) is 2.53. The van der Waals surface area contributed by atoms with E-state index in [1.54, 1.807) is 0 Å². The van der Waals surface area contributed by atoms with E-state index in [9.17, 15) is 0 Å². The maximum atomic E-state index is 6.07. The second-order valence-electron chi connectivity index (χ2n) is 6.13. The fraction of sp³-hybridized carbons (Fsp3) is 0.667. The Bertz CT molecular complexity index is 429. The topological polar surface area (TPSA) is 21.3 Å². The summed E-state index contributed by atoms with van der Waals surface area (Å²) < 4.78 is 7.28. The van der Waals surface area contributed by atoms with E-state index >= 15 is 0 Å². The van der Waals surface area contributed by atoms with Crippen molar-refractivity contribution in [2.24, 2.45) is 0 Å². The van der Waals surface area contributed by atoms with E-state index in [2.05, 4.69) is 52.4 Å². The number of rotatable bonds is 7. The molecule has 2 rings (SSSR count). The molecule has 0 aromatic heterocycles. The van der Waals surface area contributed by atoms with Crippen LogP contribution < -0.4 is 5.32 Å². The molecule has 1 atom stereocenters. The minimum absolute atomic E-state index is 0.00268. The Hall–Kier alpha value is -0.380. The number of halogens is 1. The first-order chi connectivity index (χ1) is 10.2. The third kappa shape index (κ3) is 4.30. The van der Waals surface area contributed by atoms with Gasteiger partial charge in [-0.05, 0) is 43.9 Å². The Morgan fingerprint density at radius 2 is 1.95 bits per heavy atom. The second kappa shape index (κ2) is 8.30. The standard InChI is InChI=1S/C18H28BrNO/c1-3-13-20-17(14-15-9-5-6-10-16(15)19)18(21-2)11-7-4-8-12-18/h5-6,9-10,17,20H,3-4,7-8,11-14H2,1-2H3. The first-order valence-electron chi connectivity index (χ1n) is 8.24. The summed E-state index contributed by atoms with van der Waals surface area (Å²) in [6.45, 7) is 3.28. The van der Waals surface area contributed by atoms with Crippen LogP contribution in [0.5, 0.6) is 0 Å². The van der Waals surface area contributed by atoms with Crippen molar-refractivity contribution < 1.29 is 4.74 Å². The molecule has 0 radical (unpaired) electrons. The molecule has 118 valence electrons. The van der Waals surface area contributed by atoms with Crippen LogP contribution in [0.25, 0.3) is 0 Å².